The van der Waals surface area contributed by atoms with E-state index in [1.807, 2.05) is 0 Å². The number of aromatic nitrogens is 1. The Balaban J connectivity index is 2.07. The summed E-state index contributed by atoms with van der Waals surface area (Å²) in [4.78, 5) is 29.5. The third-order valence-electron chi connectivity index (χ3n) is 3.03. The first-order chi connectivity index (χ1) is 10.7. The Morgan fingerprint density at radius 2 is 2.05 bits per heavy atom. The number of hydrogen-bond donors (Lipinski definition) is 0. The molecule has 0 radical (unpaired) electrons. The van der Waals surface area contributed by atoms with Crippen molar-refractivity contribution in [2.75, 3.05) is 13.2 Å². The van der Waals surface area contributed by atoms with Gasteiger partial charge in [-0.15, -0.1) is 0 Å². The van der Waals surface area contributed by atoms with Gasteiger partial charge in [-0.1, -0.05) is 0 Å². The number of ether oxygens (including phenoxy) is 1. The van der Waals surface area contributed by atoms with Gasteiger partial charge in [0, 0.05) is 24.5 Å². The second kappa shape index (κ2) is 7.97. The molecule has 0 saturated heterocycles. The highest BCUT2D eigenvalue weighted by molar-refractivity contribution is 5.94. The fraction of sp³-hybridized carbons (Fsp3) is 0.312. The van der Waals surface area contributed by atoms with E-state index in [2.05, 4.69) is 4.98 Å². The highest BCUT2D eigenvalue weighted by atomic mass is 16.5. The lowest BCUT2D eigenvalue weighted by Gasteiger charge is -2.21. The van der Waals surface area contributed by atoms with Crippen molar-refractivity contribution in [1.82, 2.24) is 9.88 Å². The van der Waals surface area contributed by atoms with Gasteiger partial charge in [0.2, 0.25) is 0 Å². The van der Waals surface area contributed by atoms with Gasteiger partial charge in [0.05, 0.1) is 25.8 Å². The summed E-state index contributed by atoms with van der Waals surface area (Å²) < 4.78 is 10.2. The van der Waals surface area contributed by atoms with Crippen LogP contribution in [0.3, 0.4) is 0 Å². The van der Waals surface area contributed by atoms with E-state index in [9.17, 15) is 9.59 Å². The molecule has 0 saturated carbocycles. The van der Waals surface area contributed by atoms with E-state index in [0.717, 1.165) is 0 Å². The van der Waals surface area contributed by atoms with Crippen molar-refractivity contribution in [3.8, 4) is 0 Å². The van der Waals surface area contributed by atoms with Crippen molar-refractivity contribution < 1.29 is 18.7 Å². The van der Waals surface area contributed by atoms with Gasteiger partial charge in [-0.05, 0) is 31.2 Å². The maximum atomic E-state index is 12.5. The number of hydrogen-bond acceptors (Lipinski definition) is 5. The summed E-state index contributed by atoms with van der Waals surface area (Å²) in [7, 11) is 0. The molecule has 1 amide bonds. The summed E-state index contributed by atoms with van der Waals surface area (Å²) >= 11 is 0. The van der Waals surface area contributed by atoms with Gasteiger partial charge in [0.25, 0.3) is 5.91 Å². The van der Waals surface area contributed by atoms with Crippen molar-refractivity contribution in [2.45, 2.75) is 19.9 Å². The Hall–Kier alpha value is -2.63. The Morgan fingerprint density at radius 1 is 1.27 bits per heavy atom. The van der Waals surface area contributed by atoms with E-state index in [-0.39, 0.29) is 24.8 Å². The minimum absolute atomic E-state index is 0.144. The zero-order chi connectivity index (χ0) is 15.8. The lowest BCUT2D eigenvalue weighted by atomic mass is 10.2. The first-order valence-corrected chi connectivity index (χ1v) is 7.08. The molecule has 0 bridgehead atoms. The third kappa shape index (κ3) is 4.44. The zero-order valence-electron chi connectivity index (χ0n) is 12.4. The van der Waals surface area contributed by atoms with E-state index in [1.54, 1.807) is 54.7 Å². The number of esters is 1. The smallest absolute Gasteiger partial charge is 0.307 e. The Bertz CT molecular complexity index is 596. The van der Waals surface area contributed by atoms with Crippen molar-refractivity contribution in [2.24, 2.45) is 0 Å². The van der Waals surface area contributed by atoms with Crippen LogP contribution in [-0.4, -0.2) is 34.9 Å². The number of rotatable bonds is 7. The largest absolute Gasteiger partial charge is 0.467 e. The van der Waals surface area contributed by atoms with Crippen molar-refractivity contribution in [3.05, 3.63) is 54.2 Å². The number of carbonyl (C=O) groups excluding carboxylic acids is 2. The zero-order valence-corrected chi connectivity index (χ0v) is 12.4. The molecule has 0 atom stereocenters. The van der Waals surface area contributed by atoms with Crippen LogP contribution < -0.4 is 0 Å². The molecular formula is C16H18N2O4. The van der Waals surface area contributed by atoms with Gasteiger partial charge < -0.3 is 14.1 Å². The molecule has 0 aliphatic heterocycles. The molecule has 0 N–H and O–H groups in total. The van der Waals surface area contributed by atoms with Gasteiger partial charge in [-0.2, -0.15) is 0 Å². The summed E-state index contributed by atoms with van der Waals surface area (Å²) in [5.41, 5.74) is 0.519. The number of carbonyl (C=O) groups is 2. The maximum Gasteiger partial charge on any atom is 0.307 e. The Morgan fingerprint density at radius 3 is 2.68 bits per heavy atom. The summed E-state index contributed by atoms with van der Waals surface area (Å²) in [6, 6.07) is 6.83. The quantitative estimate of drug-likeness (QED) is 0.734. The van der Waals surface area contributed by atoms with E-state index in [1.165, 1.54) is 0 Å². The number of amides is 1. The molecule has 0 aliphatic carbocycles. The minimum atomic E-state index is -0.325. The molecule has 22 heavy (non-hydrogen) atoms. The van der Waals surface area contributed by atoms with Gasteiger partial charge in [0.15, 0.2) is 0 Å². The molecule has 6 heteroatoms. The van der Waals surface area contributed by atoms with Crippen LogP contribution in [-0.2, 0) is 16.1 Å². The molecule has 0 unspecified atom stereocenters. The topological polar surface area (TPSA) is 72.6 Å². The monoisotopic (exact) mass is 302 g/mol. The molecular weight excluding hydrogens is 284 g/mol. The first kappa shape index (κ1) is 15.8. The highest BCUT2D eigenvalue weighted by Crippen LogP contribution is 2.11. The van der Waals surface area contributed by atoms with Gasteiger partial charge >= 0.3 is 5.97 Å². The lowest BCUT2D eigenvalue weighted by Crippen LogP contribution is -2.32. The molecule has 0 aliphatic rings. The molecule has 2 rings (SSSR count). The average Bonchev–Trinajstić information content (AvgIpc) is 3.05. The van der Waals surface area contributed by atoms with E-state index < -0.39 is 0 Å². The van der Waals surface area contributed by atoms with Crippen LogP contribution >= 0.6 is 0 Å². The van der Waals surface area contributed by atoms with E-state index in [0.29, 0.717) is 24.5 Å². The molecule has 0 aromatic carbocycles. The predicted molar refractivity (Wildman–Crippen MR) is 78.9 cm³/mol. The second-order valence-corrected chi connectivity index (χ2v) is 4.60. The summed E-state index contributed by atoms with van der Waals surface area (Å²) in [6.07, 6.45) is 4.81. The summed E-state index contributed by atoms with van der Waals surface area (Å²) in [6.45, 7) is 2.64. The van der Waals surface area contributed by atoms with Crippen molar-refractivity contribution in [3.63, 3.8) is 0 Å². The Kier molecular flexibility index (Phi) is 5.71. The lowest BCUT2D eigenvalue weighted by molar-refractivity contribution is -0.143. The highest BCUT2D eigenvalue weighted by Gasteiger charge is 2.18. The standard InChI is InChI=1S/C16H18N2O4/c1-2-21-15(19)7-10-18(12-14-4-3-11-22-14)16(20)13-5-8-17-9-6-13/h3-6,8-9,11H,2,7,10,12H2,1H3. The molecule has 6 nitrogen and oxygen atoms in total. The van der Waals surface area contributed by atoms with Crippen LogP contribution in [0.15, 0.2) is 47.3 Å². The first-order valence-electron chi connectivity index (χ1n) is 7.08. The van der Waals surface area contributed by atoms with Crippen LogP contribution in [0.2, 0.25) is 0 Å². The van der Waals surface area contributed by atoms with Crippen LogP contribution in [0, 0.1) is 0 Å². The Labute approximate surface area is 128 Å². The summed E-state index contributed by atoms with van der Waals surface area (Å²) in [5, 5.41) is 0. The van der Waals surface area contributed by atoms with Crippen LogP contribution in [0.1, 0.15) is 29.5 Å². The van der Waals surface area contributed by atoms with Crippen molar-refractivity contribution >= 4 is 11.9 Å². The number of nitrogens with zero attached hydrogens (tertiary/aromatic N) is 2. The van der Waals surface area contributed by atoms with Gasteiger partial charge in [0.1, 0.15) is 5.76 Å². The normalized spacial score (nSPS) is 10.2. The summed E-state index contributed by atoms with van der Waals surface area (Å²) in [5.74, 6) is 0.156. The average molecular weight is 302 g/mol. The van der Waals surface area contributed by atoms with E-state index >= 15 is 0 Å². The molecule has 2 heterocycles. The fourth-order valence-electron chi connectivity index (χ4n) is 1.98. The molecule has 0 spiro atoms. The SMILES string of the molecule is CCOC(=O)CCN(Cc1ccco1)C(=O)c1ccncc1. The van der Waals surface area contributed by atoms with Gasteiger partial charge in [-0.3, -0.25) is 14.6 Å². The maximum absolute atomic E-state index is 12.5. The predicted octanol–water partition coefficient (Wildman–Crippen LogP) is 2.27. The number of furan rings is 1. The molecule has 0 fully saturated rings. The van der Waals surface area contributed by atoms with Gasteiger partial charge in [-0.25, -0.2) is 0 Å². The van der Waals surface area contributed by atoms with Crippen LogP contribution in [0.5, 0.6) is 0 Å². The minimum Gasteiger partial charge on any atom is -0.467 e. The fourth-order valence-corrected chi connectivity index (χ4v) is 1.98. The van der Waals surface area contributed by atoms with Crippen LogP contribution in [0.25, 0.3) is 0 Å². The van der Waals surface area contributed by atoms with E-state index in [4.69, 9.17) is 9.15 Å². The van der Waals surface area contributed by atoms with Crippen molar-refractivity contribution in [1.29, 1.82) is 0 Å². The second-order valence-electron chi connectivity index (χ2n) is 4.60. The molecule has 2 aromatic rings. The third-order valence-corrected chi connectivity index (χ3v) is 3.03. The molecule has 2 aromatic heterocycles. The number of pyridine rings is 1. The van der Waals surface area contributed by atoms with Crippen LogP contribution in [0.4, 0.5) is 0 Å². The molecule has 116 valence electrons.